The third-order valence-corrected chi connectivity index (χ3v) is 4.51. The van der Waals surface area contributed by atoms with Gasteiger partial charge < -0.3 is 10.6 Å². The van der Waals surface area contributed by atoms with E-state index in [1.165, 1.54) is 5.56 Å². The van der Waals surface area contributed by atoms with E-state index in [9.17, 15) is 13.2 Å². The summed E-state index contributed by atoms with van der Waals surface area (Å²) in [5, 5.41) is 0. The summed E-state index contributed by atoms with van der Waals surface area (Å²) in [4.78, 5) is 6.42. The smallest absolute Gasteiger partial charge is 0.356 e. The van der Waals surface area contributed by atoms with Crippen LogP contribution in [0.25, 0.3) is 0 Å². The fourth-order valence-electron chi connectivity index (χ4n) is 3.37. The summed E-state index contributed by atoms with van der Waals surface area (Å²) in [5.74, 6) is -0.584. The Morgan fingerprint density at radius 2 is 2.10 bits per heavy atom. The van der Waals surface area contributed by atoms with Gasteiger partial charge in [-0.05, 0) is 43.7 Å². The molecule has 1 unspecified atom stereocenters. The van der Waals surface area contributed by atoms with Gasteiger partial charge in [-0.25, -0.2) is 4.98 Å². The van der Waals surface area contributed by atoms with Crippen molar-refractivity contribution in [3.63, 3.8) is 0 Å². The third-order valence-electron chi connectivity index (χ3n) is 4.51. The Morgan fingerprint density at radius 3 is 2.81 bits per heavy atom. The van der Waals surface area contributed by atoms with Gasteiger partial charge in [0, 0.05) is 30.9 Å². The minimum absolute atomic E-state index is 0.00227. The average molecular weight is 299 g/mol. The molecule has 2 heterocycles. The molecule has 1 atom stereocenters. The Labute approximate surface area is 122 Å². The molecule has 1 fully saturated rings. The van der Waals surface area contributed by atoms with Crippen LogP contribution in [0.3, 0.4) is 0 Å². The molecule has 0 aromatic carbocycles. The summed E-state index contributed by atoms with van der Waals surface area (Å²) < 4.78 is 38.9. The number of piperidine rings is 1. The summed E-state index contributed by atoms with van der Waals surface area (Å²) in [6, 6.07) is 2.04. The highest BCUT2D eigenvalue weighted by Crippen LogP contribution is 2.36. The predicted molar refractivity (Wildman–Crippen MR) is 75.1 cm³/mol. The highest BCUT2D eigenvalue weighted by molar-refractivity contribution is 5.51. The molecule has 3 nitrogen and oxygen atoms in total. The normalized spacial score (nSPS) is 22.5. The van der Waals surface area contributed by atoms with Gasteiger partial charge in [-0.3, -0.25) is 0 Å². The van der Waals surface area contributed by atoms with Crippen molar-refractivity contribution in [3.8, 4) is 0 Å². The number of nitrogens with zero attached hydrogens (tertiary/aromatic N) is 2. The van der Waals surface area contributed by atoms with E-state index in [4.69, 9.17) is 5.73 Å². The zero-order valence-corrected chi connectivity index (χ0v) is 11.9. The van der Waals surface area contributed by atoms with Gasteiger partial charge >= 0.3 is 6.18 Å². The van der Waals surface area contributed by atoms with Crippen LogP contribution < -0.4 is 10.6 Å². The van der Waals surface area contributed by atoms with E-state index in [0.29, 0.717) is 25.3 Å². The van der Waals surface area contributed by atoms with Crippen LogP contribution in [-0.2, 0) is 19.4 Å². The molecule has 0 saturated carbocycles. The van der Waals surface area contributed by atoms with Crippen molar-refractivity contribution in [2.24, 2.45) is 11.7 Å². The number of aromatic nitrogens is 1. The average Bonchev–Trinajstić information content (AvgIpc) is 2.92. The van der Waals surface area contributed by atoms with Crippen molar-refractivity contribution >= 4 is 5.82 Å². The van der Waals surface area contributed by atoms with Crippen molar-refractivity contribution in [1.82, 2.24) is 4.98 Å². The summed E-state index contributed by atoms with van der Waals surface area (Å²) >= 11 is 0. The molecule has 0 amide bonds. The molecule has 3 rings (SSSR count). The van der Waals surface area contributed by atoms with Crippen LogP contribution in [0.5, 0.6) is 0 Å². The third kappa shape index (κ3) is 2.86. The second-order valence-corrected chi connectivity index (χ2v) is 5.96. The standard InChI is InChI=1S/C15H20F3N3/c16-15(17,18)12-4-2-6-21(9-12)14-11(8-19)7-10-3-1-5-13(10)20-14/h7,12H,1-6,8-9,19H2. The molecule has 0 bridgehead atoms. The fraction of sp³-hybridized carbons (Fsp3) is 0.667. The topological polar surface area (TPSA) is 42.1 Å². The van der Waals surface area contributed by atoms with Crippen molar-refractivity contribution < 1.29 is 13.2 Å². The van der Waals surface area contributed by atoms with E-state index in [1.807, 2.05) is 6.07 Å². The quantitative estimate of drug-likeness (QED) is 0.913. The number of nitrogens with two attached hydrogens (primary N) is 1. The minimum atomic E-state index is -4.13. The van der Waals surface area contributed by atoms with E-state index in [2.05, 4.69) is 4.98 Å². The maximum Gasteiger partial charge on any atom is 0.393 e. The van der Waals surface area contributed by atoms with Crippen molar-refractivity contribution in [2.75, 3.05) is 18.0 Å². The molecule has 2 N–H and O–H groups in total. The number of anilines is 1. The number of fused-ring (bicyclic) bond motifs is 1. The molecule has 0 radical (unpaired) electrons. The summed E-state index contributed by atoms with van der Waals surface area (Å²) in [6.07, 6.45) is -0.375. The fourth-order valence-corrected chi connectivity index (χ4v) is 3.37. The predicted octanol–water partition coefficient (Wildman–Crippen LogP) is 2.81. The summed E-state index contributed by atoms with van der Waals surface area (Å²) in [7, 11) is 0. The number of halogens is 3. The Morgan fingerprint density at radius 1 is 1.29 bits per heavy atom. The van der Waals surface area contributed by atoms with Gasteiger partial charge in [0.25, 0.3) is 0 Å². The summed E-state index contributed by atoms with van der Waals surface area (Å²) in [5.41, 5.74) is 8.91. The Bertz CT molecular complexity index is 528. The molecule has 1 aromatic heterocycles. The van der Waals surface area contributed by atoms with Crippen LogP contribution in [0.2, 0.25) is 0 Å². The number of alkyl halides is 3. The van der Waals surface area contributed by atoms with Crippen LogP contribution in [0.1, 0.15) is 36.1 Å². The molecule has 1 aliphatic heterocycles. The molecule has 6 heteroatoms. The second-order valence-electron chi connectivity index (χ2n) is 5.96. The zero-order valence-electron chi connectivity index (χ0n) is 11.9. The van der Waals surface area contributed by atoms with E-state index >= 15 is 0 Å². The SMILES string of the molecule is NCc1cc2c(nc1N1CCCC(C(F)(F)F)C1)CCC2. The van der Waals surface area contributed by atoms with Gasteiger partial charge in [0.05, 0.1) is 5.92 Å². The van der Waals surface area contributed by atoms with Crippen LogP contribution in [0, 0.1) is 5.92 Å². The molecule has 1 aromatic rings. The van der Waals surface area contributed by atoms with E-state index < -0.39 is 12.1 Å². The summed E-state index contributed by atoms with van der Waals surface area (Å²) in [6.45, 7) is 0.955. The molecule has 1 saturated heterocycles. The maximum absolute atomic E-state index is 13.0. The number of hydrogen-bond acceptors (Lipinski definition) is 3. The van der Waals surface area contributed by atoms with Gasteiger partial charge in [0.1, 0.15) is 5.82 Å². The first-order valence-electron chi connectivity index (χ1n) is 7.52. The van der Waals surface area contributed by atoms with Crippen LogP contribution in [-0.4, -0.2) is 24.2 Å². The first-order chi connectivity index (χ1) is 9.99. The molecular formula is C15H20F3N3. The van der Waals surface area contributed by atoms with Crippen LogP contribution >= 0.6 is 0 Å². The number of hydrogen-bond donors (Lipinski definition) is 1. The molecule has 21 heavy (non-hydrogen) atoms. The lowest BCUT2D eigenvalue weighted by Gasteiger charge is -2.35. The van der Waals surface area contributed by atoms with Crippen molar-refractivity contribution in [1.29, 1.82) is 0 Å². The highest BCUT2D eigenvalue weighted by Gasteiger charge is 2.42. The van der Waals surface area contributed by atoms with Gasteiger partial charge in [0.15, 0.2) is 0 Å². The molecule has 0 spiro atoms. The highest BCUT2D eigenvalue weighted by atomic mass is 19.4. The molecule has 2 aliphatic rings. The first kappa shape index (κ1) is 14.6. The largest absolute Gasteiger partial charge is 0.393 e. The van der Waals surface area contributed by atoms with Gasteiger partial charge in [-0.1, -0.05) is 0 Å². The van der Waals surface area contributed by atoms with Crippen molar-refractivity contribution in [2.45, 2.75) is 44.8 Å². The minimum Gasteiger partial charge on any atom is -0.356 e. The van der Waals surface area contributed by atoms with Gasteiger partial charge in [0.2, 0.25) is 0 Å². The van der Waals surface area contributed by atoms with E-state index in [1.54, 1.807) is 4.90 Å². The Hall–Kier alpha value is -1.30. The second kappa shape index (κ2) is 5.48. The van der Waals surface area contributed by atoms with Crippen LogP contribution in [0.15, 0.2) is 6.07 Å². The van der Waals surface area contributed by atoms with Crippen LogP contribution in [0.4, 0.5) is 19.0 Å². The first-order valence-corrected chi connectivity index (χ1v) is 7.52. The lowest BCUT2D eigenvalue weighted by molar-refractivity contribution is -0.176. The Balaban J connectivity index is 1.89. The number of aryl methyl sites for hydroxylation is 2. The lowest BCUT2D eigenvalue weighted by atomic mass is 9.97. The van der Waals surface area contributed by atoms with Crippen molar-refractivity contribution in [3.05, 3.63) is 22.9 Å². The molecular weight excluding hydrogens is 279 g/mol. The zero-order chi connectivity index (χ0) is 15.0. The molecule has 1 aliphatic carbocycles. The maximum atomic E-state index is 13.0. The van der Waals surface area contributed by atoms with Gasteiger partial charge in [-0.2, -0.15) is 13.2 Å². The van der Waals surface area contributed by atoms with E-state index in [0.717, 1.165) is 30.5 Å². The lowest BCUT2D eigenvalue weighted by Crippen LogP contribution is -2.42. The van der Waals surface area contributed by atoms with E-state index in [-0.39, 0.29) is 13.0 Å². The molecule has 116 valence electrons. The Kier molecular flexibility index (Phi) is 3.82. The number of rotatable bonds is 2. The number of pyridine rings is 1. The monoisotopic (exact) mass is 299 g/mol. The van der Waals surface area contributed by atoms with Gasteiger partial charge in [-0.15, -0.1) is 0 Å².